The van der Waals surface area contributed by atoms with Crippen LogP contribution in [0.25, 0.3) is 0 Å². The lowest BCUT2D eigenvalue weighted by molar-refractivity contribution is -0.121. The van der Waals surface area contributed by atoms with Gasteiger partial charge in [-0.05, 0) is 35.2 Å². The molecule has 0 bridgehead atoms. The van der Waals surface area contributed by atoms with Crippen LogP contribution in [0.3, 0.4) is 0 Å². The molecule has 0 aromatic heterocycles. The summed E-state index contributed by atoms with van der Waals surface area (Å²) in [6.07, 6.45) is 0.652. The lowest BCUT2D eigenvalue weighted by atomic mass is 10.1. The maximum Gasteiger partial charge on any atom is 0.261 e. The summed E-state index contributed by atoms with van der Waals surface area (Å²) in [5.41, 5.74) is 4.00. The van der Waals surface area contributed by atoms with Crippen molar-refractivity contribution in [3.63, 3.8) is 0 Å². The smallest absolute Gasteiger partial charge is 0.261 e. The third-order valence-electron chi connectivity index (χ3n) is 5.63. The predicted molar refractivity (Wildman–Crippen MR) is 124 cm³/mol. The van der Waals surface area contributed by atoms with Crippen molar-refractivity contribution in [1.82, 2.24) is 10.2 Å². The highest BCUT2D eigenvalue weighted by Gasteiger charge is 2.34. The second-order valence-corrected chi connectivity index (χ2v) is 7.93. The first-order valence-electron chi connectivity index (χ1n) is 11.0. The molecular formula is C27H26N2O4. The molecule has 33 heavy (non-hydrogen) atoms. The van der Waals surface area contributed by atoms with Gasteiger partial charge in [-0.2, -0.15) is 0 Å². The van der Waals surface area contributed by atoms with Crippen molar-refractivity contribution in [3.8, 4) is 0 Å². The van der Waals surface area contributed by atoms with Crippen molar-refractivity contribution < 1.29 is 19.1 Å². The number of fused-ring (bicyclic) bond motifs is 1. The van der Waals surface area contributed by atoms with Gasteiger partial charge in [0.2, 0.25) is 5.91 Å². The Kier molecular flexibility index (Phi) is 7.27. The van der Waals surface area contributed by atoms with Crippen molar-refractivity contribution in [2.24, 2.45) is 0 Å². The van der Waals surface area contributed by atoms with Gasteiger partial charge in [-0.3, -0.25) is 19.3 Å². The van der Waals surface area contributed by atoms with Crippen LogP contribution in [-0.4, -0.2) is 29.2 Å². The Morgan fingerprint density at radius 1 is 0.758 bits per heavy atom. The van der Waals surface area contributed by atoms with Crippen LogP contribution in [0.1, 0.15) is 50.2 Å². The average molecular weight is 443 g/mol. The summed E-state index contributed by atoms with van der Waals surface area (Å²) in [5.74, 6) is -0.701. The molecule has 0 atom stereocenters. The molecule has 0 saturated heterocycles. The fourth-order valence-corrected chi connectivity index (χ4v) is 3.85. The Bertz CT molecular complexity index is 1110. The van der Waals surface area contributed by atoms with Gasteiger partial charge in [0.05, 0.1) is 24.3 Å². The maximum absolute atomic E-state index is 12.4. The molecule has 0 radical (unpaired) electrons. The molecule has 3 amide bonds. The van der Waals surface area contributed by atoms with Crippen molar-refractivity contribution >= 4 is 17.7 Å². The summed E-state index contributed by atoms with van der Waals surface area (Å²) in [4.78, 5) is 38.4. The van der Waals surface area contributed by atoms with Crippen molar-refractivity contribution in [3.05, 3.63) is 107 Å². The molecule has 6 heteroatoms. The molecule has 0 spiro atoms. The van der Waals surface area contributed by atoms with Crippen LogP contribution in [0, 0.1) is 0 Å². The minimum Gasteiger partial charge on any atom is -0.372 e. The third-order valence-corrected chi connectivity index (χ3v) is 5.63. The van der Waals surface area contributed by atoms with Crippen LogP contribution in [-0.2, 0) is 29.3 Å². The SMILES string of the molecule is O=C(CCCN1C(=O)c2ccccc2C1=O)NCc1ccccc1COCc1ccccc1. The molecule has 0 unspecified atom stereocenters. The molecule has 3 aromatic carbocycles. The van der Waals surface area contributed by atoms with Crippen molar-refractivity contribution in [1.29, 1.82) is 0 Å². The molecular weight excluding hydrogens is 416 g/mol. The van der Waals surface area contributed by atoms with E-state index in [9.17, 15) is 14.4 Å². The first-order valence-corrected chi connectivity index (χ1v) is 11.0. The van der Waals surface area contributed by atoms with Crippen LogP contribution in [0.5, 0.6) is 0 Å². The molecule has 3 aromatic rings. The van der Waals surface area contributed by atoms with E-state index < -0.39 is 0 Å². The number of rotatable bonds is 10. The second-order valence-electron chi connectivity index (χ2n) is 7.93. The molecule has 1 heterocycles. The Hall–Kier alpha value is -3.77. The van der Waals surface area contributed by atoms with Gasteiger partial charge < -0.3 is 10.1 Å². The monoisotopic (exact) mass is 442 g/mol. The van der Waals surface area contributed by atoms with Crippen molar-refractivity contribution in [2.45, 2.75) is 32.6 Å². The summed E-state index contributed by atoms with van der Waals surface area (Å²) >= 11 is 0. The van der Waals surface area contributed by atoms with Crippen LogP contribution in [0.15, 0.2) is 78.9 Å². The van der Waals surface area contributed by atoms with E-state index >= 15 is 0 Å². The standard InChI is InChI=1S/C27H26N2O4/c30-25(15-8-16-29-26(31)23-13-6-7-14-24(23)27(29)32)28-17-21-11-4-5-12-22(21)19-33-18-20-9-2-1-3-10-20/h1-7,9-14H,8,15-19H2,(H,28,30). The highest BCUT2D eigenvalue weighted by molar-refractivity contribution is 6.21. The first kappa shape index (κ1) is 22.4. The topological polar surface area (TPSA) is 75.7 Å². The van der Waals surface area contributed by atoms with E-state index in [0.717, 1.165) is 16.7 Å². The number of hydrogen-bond donors (Lipinski definition) is 1. The van der Waals surface area contributed by atoms with Crippen LogP contribution in [0.4, 0.5) is 0 Å². The summed E-state index contributed by atoms with van der Waals surface area (Å²) in [6.45, 7) is 1.61. The fraction of sp³-hybridized carbons (Fsp3) is 0.222. The number of carbonyl (C=O) groups excluding carboxylic acids is 3. The molecule has 1 aliphatic heterocycles. The van der Waals surface area contributed by atoms with E-state index in [4.69, 9.17) is 4.74 Å². The zero-order valence-corrected chi connectivity index (χ0v) is 18.3. The average Bonchev–Trinajstić information content (AvgIpc) is 3.09. The van der Waals surface area contributed by atoms with Gasteiger partial charge in [0.15, 0.2) is 0 Å². The molecule has 4 rings (SSSR count). The minimum absolute atomic E-state index is 0.119. The van der Waals surface area contributed by atoms with Gasteiger partial charge in [0.25, 0.3) is 11.8 Å². The van der Waals surface area contributed by atoms with Crippen LogP contribution < -0.4 is 5.32 Å². The summed E-state index contributed by atoms with van der Waals surface area (Å²) in [7, 11) is 0. The molecule has 0 aliphatic carbocycles. The number of nitrogens with one attached hydrogen (secondary N) is 1. The number of benzene rings is 3. The molecule has 6 nitrogen and oxygen atoms in total. The van der Waals surface area contributed by atoms with E-state index in [0.29, 0.717) is 37.3 Å². The van der Waals surface area contributed by atoms with E-state index in [-0.39, 0.29) is 30.7 Å². The molecule has 168 valence electrons. The molecule has 1 aliphatic rings. The van der Waals surface area contributed by atoms with Gasteiger partial charge >= 0.3 is 0 Å². The Labute approximate surface area is 193 Å². The quantitative estimate of drug-likeness (QED) is 0.480. The zero-order valence-electron chi connectivity index (χ0n) is 18.3. The number of hydrogen-bond acceptors (Lipinski definition) is 4. The van der Waals surface area contributed by atoms with E-state index in [1.807, 2.05) is 54.6 Å². The third kappa shape index (κ3) is 5.54. The fourth-order valence-electron chi connectivity index (χ4n) is 3.85. The maximum atomic E-state index is 12.4. The van der Waals surface area contributed by atoms with Crippen LogP contribution >= 0.6 is 0 Å². The number of amides is 3. The van der Waals surface area contributed by atoms with Gasteiger partial charge in [-0.15, -0.1) is 0 Å². The second kappa shape index (κ2) is 10.7. The van der Waals surface area contributed by atoms with Gasteiger partial charge in [0.1, 0.15) is 0 Å². The normalized spacial score (nSPS) is 12.7. The Morgan fingerprint density at radius 3 is 2.06 bits per heavy atom. The molecule has 1 N–H and O–H groups in total. The zero-order chi connectivity index (χ0) is 23.0. The van der Waals surface area contributed by atoms with E-state index in [1.165, 1.54) is 4.90 Å². The van der Waals surface area contributed by atoms with Gasteiger partial charge in [0, 0.05) is 19.5 Å². The molecule has 0 saturated carbocycles. The number of imide groups is 1. The predicted octanol–water partition coefficient (Wildman–Crippen LogP) is 4.10. The summed E-state index contributed by atoms with van der Waals surface area (Å²) in [6, 6.07) is 24.6. The largest absolute Gasteiger partial charge is 0.372 e. The van der Waals surface area contributed by atoms with E-state index in [1.54, 1.807) is 24.3 Å². The van der Waals surface area contributed by atoms with Crippen molar-refractivity contribution in [2.75, 3.05) is 6.54 Å². The number of nitrogens with zero attached hydrogens (tertiary/aromatic N) is 1. The highest BCUT2D eigenvalue weighted by Crippen LogP contribution is 2.22. The summed E-state index contributed by atoms with van der Waals surface area (Å²) in [5, 5.41) is 2.93. The minimum atomic E-state index is -0.291. The molecule has 0 fully saturated rings. The van der Waals surface area contributed by atoms with E-state index in [2.05, 4.69) is 5.32 Å². The van der Waals surface area contributed by atoms with Gasteiger partial charge in [-0.1, -0.05) is 66.7 Å². The highest BCUT2D eigenvalue weighted by atomic mass is 16.5. The lowest BCUT2D eigenvalue weighted by Gasteiger charge is -2.14. The van der Waals surface area contributed by atoms with Gasteiger partial charge in [-0.25, -0.2) is 0 Å². The first-order chi connectivity index (χ1) is 16.1. The Balaban J connectivity index is 1.22. The lowest BCUT2D eigenvalue weighted by Crippen LogP contribution is -2.32. The number of ether oxygens (including phenoxy) is 1. The van der Waals surface area contributed by atoms with Crippen LogP contribution in [0.2, 0.25) is 0 Å². The Morgan fingerprint density at radius 2 is 1.36 bits per heavy atom. The summed E-state index contributed by atoms with van der Waals surface area (Å²) < 4.78 is 5.84. The number of carbonyl (C=O) groups is 3.